The molecule has 0 aliphatic carbocycles. The van der Waals surface area contributed by atoms with Crippen LogP contribution in [-0.2, 0) is 9.53 Å². The van der Waals surface area contributed by atoms with Crippen molar-refractivity contribution in [3.63, 3.8) is 0 Å². The molecule has 2 saturated heterocycles. The summed E-state index contributed by atoms with van der Waals surface area (Å²) in [5.41, 5.74) is 0.903. The standard InChI is InChI=1S/C19H19FN2O3S/c1-13-5-8-26-17(13)18(24)21-7-6-19(11-21)12-22(16(23)10-25-19)15-4-2-3-14(20)9-15/h2-5,8-9H,6-7,10-12H2,1H3. The van der Waals surface area contributed by atoms with Crippen molar-refractivity contribution in [3.05, 3.63) is 52.0 Å². The number of anilines is 1. The van der Waals surface area contributed by atoms with Crippen molar-refractivity contribution < 1.29 is 18.7 Å². The molecule has 136 valence electrons. The summed E-state index contributed by atoms with van der Waals surface area (Å²) in [4.78, 5) is 29.2. The van der Waals surface area contributed by atoms with E-state index in [1.54, 1.807) is 21.9 Å². The molecule has 1 aromatic carbocycles. The molecule has 2 aliphatic heterocycles. The fourth-order valence-corrected chi connectivity index (χ4v) is 4.49. The predicted octanol–water partition coefficient (Wildman–Crippen LogP) is 2.84. The van der Waals surface area contributed by atoms with E-state index >= 15 is 0 Å². The first kappa shape index (κ1) is 17.2. The highest BCUT2D eigenvalue weighted by atomic mass is 32.1. The van der Waals surface area contributed by atoms with Gasteiger partial charge in [0.15, 0.2) is 0 Å². The molecule has 26 heavy (non-hydrogen) atoms. The number of rotatable bonds is 2. The number of likely N-dealkylation sites (tertiary alicyclic amines) is 1. The van der Waals surface area contributed by atoms with Crippen LogP contribution in [0.5, 0.6) is 0 Å². The van der Waals surface area contributed by atoms with Crippen molar-refractivity contribution in [1.29, 1.82) is 0 Å². The number of hydrogen-bond acceptors (Lipinski definition) is 4. The van der Waals surface area contributed by atoms with E-state index in [2.05, 4.69) is 0 Å². The highest BCUT2D eigenvalue weighted by molar-refractivity contribution is 7.12. The lowest BCUT2D eigenvalue weighted by Crippen LogP contribution is -2.56. The molecule has 2 aliphatic rings. The number of carbonyl (C=O) groups excluding carboxylic acids is 2. The summed E-state index contributed by atoms with van der Waals surface area (Å²) >= 11 is 1.44. The van der Waals surface area contributed by atoms with Gasteiger partial charge in [-0.25, -0.2) is 4.39 Å². The summed E-state index contributed by atoms with van der Waals surface area (Å²) in [5, 5.41) is 1.91. The van der Waals surface area contributed by atoms with Gasteiger partial charge in [-0.05, 0) is 48.6 Å². The molecule has 1 spiro atoms. The number of thiophene rings is 1. The molecule has 5 nitrogen and oxygen atoms in total. The molecular weight excluding hydrogens is 355 g/mol. The number of ether oxygens (including phenoxy) is 1. The molecule has 0 radical (unpaired) electrons. The van der Waals surface area contributed by atoms with E-state index in [0.717, 1.165) is 10.4 Å². The fourth-order valence-electron chi connectivity index (χ4n) is 3.59. The number of benzene rings is 1. The molecule has 0 saturated carbocycles. The van der Waals surface area contributed by atoms with Crippen LogP contribution >= 0.6 is 11.3 Å². The first-order valence-corrected chi connectivity index (χ1v) is 9.39. The van der Waals surface area contributed by atoms with Gasteiger partial charge in [-0.2, -0.15) is 0 Å². The van der Waals surface area contributed by atoms with Crippen LogP contribution in [0.2, 0.25) is 0 Å². The Balaban J connectivity index is 1.53. The summed E-state index contributed by atoms with van der Waals surface area (Å²) in [6.07, 6.45) is 0.655. The minimum Gasteiger partial charge on any atom is -0.361 e. The van der Waals surface area contributed by atoms with E-state index in [0.29, 0.717) is 31.7 Å². The van der Waals surface area contributed by atoms with E-state index in [9.17, 15) is 14.0 Å². The highest BCUT2D eigenvalue weighted by Gasteiger charge is 2.47. The molecule has 1 aromatic heterocycles. The van der Waals surface area contributed by atoms with Crippen LogP contribution in [0.1, 0.15) is 21.7 Å². The molecule has 1 atom stereocenters. The quantitative estimate of drug-likeness (QED) is 0.812. The summed E-state index contributed by atoms with van der Waals surface area (Å²) < 4.78 is 19.4. The maximum absolute atomic E-state index is 13.6. The fraction of sp³-hybridized carbons (Fsp3) is 0.368. The van der Waals surface area contributed by atoms with Gasteiger partial charge in [0.05, 0.1) is 18.0 Å². The maximum atomic E-state index is 13.6. The normalized spacial score (nSPS) is 23.1. The van der Waals surface area contributed by atoms with Gasteiger partial charge in [0.25, 0.3) is 11.8 Å². The molecular formula is C19H19FN2O3S. The average molecular weight is 374 g/mol. The Kier molecular flexibility index (Phi) is 4.28. The van der Waals surface area contributed by atoms with Crippen molar-refractivity contribution in [3.8, 4) is 0 Å². The van der Waals surface area contributed by atoms with Crippen molar-refractivity contribution >= 4 is 28.8 Å². The molecule has 2 amide bonds. The molecule has 0 bridgehead atoms. The molecule has 2 fully saturated rings. The van der Waals surface area contributed by atoms with E-state index in [-0.39, 0.29) is 24.2 Å². The molecule has 7 heteroatoms. The summed E-state index contributed by atoms with van der Waals surface area (Å²) in [6.45, 7) is 3.21. The Bertz CT molecular complexity index is 868. The van der Waals surface area contributed by atoms with Gasteiger partial charge in [-0.3, -0.25) is 9.59 Å². The largest absolute Gasteiger partial charge is 0.361 e. The van der Waals surface area contributed by atoms with Crippen LogP contribution in [0.25, 0.3) is 0 Å². The second kappa shape index (κ2) is 6.48. The Morgan fingerprint density at radius 3 is 2.88 bits per heavy atom. The number of nitrogens with zero attached hydrogens (tertiary/aromatic N) is 2. The molecule has 3 heterocycles. The van der Waals surface area contributed by atoms with Gasteiger partial charge in [0.2, 0.25) is 0 Å². The van der Waals surface area contributed by atoms with E-state index in [1.807, 2.05) is 18.4 Å². The third kappa shape index (κ3) is 3.01. The number of aryl methyl sites for hydroxylation is 1. The van der Waals surface area contributed by atoms with Crippen LogP contribution < -0.4 is 4.90 Å². The number of halogens is 1. The average Bonchev–Trinajstić information content (AvgIpc) is 3.24. The molecule has 1 unspecified atom stereocenters. The maximum Gasteiger partial charge on any atom is 0.264 e. The van der Waals surface area contributed by atoms with Crippen LogP contribution in [0.15, 0.2) is 35.7 Å². The second-order valence-electron chi connectivity index (χ2n) is 6.84. The van der Waals surface area contributed by atoms with Crippen LogP contribution in [0, 0.1) is 12.7 Å². The molecule has 4 rings (SSSR count). The number of amides is 2. The summed E-state index contributed by atoms with van der Waals surface area (Å²) in [6, 6.07) is 7.94. The van der Waals surface area contributed by atoms with Crippen molar-refractivity contribution in [2.45, 2.75) is 18.9 Å². The van der Waals surface area contributed by atoms with Crippen molar-refractivity contribution in [2.75, 3.05) is 31.1 Å². The molecule has 0 N–H and O–H groups in total. The van der Waals surface area contributed by atoms with Crippen molar-refractivity contribution in [1.82, 2.24) is 4.90 Å². The Morgan fingerprint density at radius 2 is 2.15 bits per heavy atom. The molecule has 2 aromatic rings. The first-order valence-electron chi connectivity index (χ1n) is 8.51. The van der Waals surface area contributed by atoms with Crippen molar-refractivity contribution in [2.24, 2.45) is 0 Å². The Morgan fingerprint density at radius 1 is 1.31 bits per heavy atom. The van der Waals surface area contributed by atoms with Crippen LogP contribution in [0.3, 0.4) is 0 Å². The Labute approximate surface area is 155 Å². The van der Waals surface area contributed by atoms with Crippen LogP contribution in [0.4, 0.5) is 10.1 Å². The highest BCUT2D eigenvalue weighted by Crippen LogP contribution is 2.33. The SMILES string of the molecule is Cc1ccsc1C(=O)N1CCC2(C1)CN(c1cccc(F)c1)C(=O)CO2. The van der Waals surface area contributed by atoms with E-state index in [4.69, 9.17) is 4.74 Å². The first-order chi connectivity index (χ1) is 12.5. The Hall–Kier alpha value is -2.25. The lowest BCUT2D eigenvalue weighted by molar-refractivity contribution is -0.137. The summed E-state index contributed by atoms with van der Waals surface area (Å²) in [5.74, 6) is -0.570. The number of carbonyl (C=O) groups is 2. The lowest BCUT2D eigenvalue weighted by atomic mass is 10.00. The van der Waals surface area contributed by atoms with Crippen LogP contribution in [-0.4, -0.2) is 48.6 Å². The zero-order valence-corrected chi connectivity index (χ0v) is 15.2. The lowest BCUT2D eigenvalue weighted by Gasteiger charge is -2.40. The van der Waals surface area contributed by atoms with E-state index in [1.165, 1.54) is 23.5 Å². The monoisotopic (exact) mass is 374 g/mol. The van der Waals surface area contributed by atoms with Gasteiger partial charge in [-0.15, -0.1) is 11.3 Å². The minimum atomic E-state index is -0.596. The van der Waals surface area contributed by atoms with Gasteiger partial charge < -0.3 is 14.5 Å². The number of hydrogen-bond donors (Lipinski definition) is 0. The zero-order valence-electron chi connectivity index (χ0n) is 14.4. The third-order valence-corrected chi connectivity index (χ3v) is 6.03. The van der Waals surface area contributed by atoms with Gasteiger partial charge in [0.1, 0.15) is 18.0 Å². The smallest absolute Gasteiger partial charge is 0.264 e. The van der Waals surface area contributed by atoms with Gasteiger partial charge >= 0.3 is 0 Å². The third-order valence-electron chi connectivity index (χ3n) is 5.03. The summed E-state index contributed by atoms with van der Waals surface area (Å²) in [7, 11) is 0. The minimum absolute atomic E-state index is 0.00665. The topological polar surface area (TPSA) is 49.9 Å². The second-order valence-corrected chi connectivity index (χ2v) is 7.76. The van der Waals surface area contributed by atoms with Gasteiger partial charge in [0, 0.05) is 12.2 Å². The van der Waals surface area contributed by atoms with E-state index < -0.39 is 5.60 Å². The zero-order chi connectivity index (χ0) is 18.3. The van der Waals surface area contributed by atoms with Gasteiger partial charge in [-0.1, -0.05) is 6.07 Å². The predicted molar refractivity (Wildman–Crippen MR) is 97.0 cm³/mol. The number of morpholine rings is 1.